The maximum Gasteiger partial charge on any atom is 0.129 e. The van der Waals surface area contributed by atoms with Crippen molar-refractivity contribution in [3.8, 4) is 5.75 Å². The van der Waals surface area contributed by atoms with Gasteiger partial charge in [-0.15, -0.1) is 0 Å². The lowest BCUT2D eigenvalue weighted by atomic mass is 10.1. The van der Waals surface area contributed by atoms with E-state index in [9.17, 15) is 5.11 Å². The molecule has 17 heavy (non-hydrogen) atoms. The summed E-state index contributed by atoms with van der Waals surface area (Å²) in [7, 11) is 1.60. The number of rotatable bonds is 3. The van der Waals surface area contributed by atoms with E-state index in [0.29, 0.717) is 10.8 Å². The van der Waals surface area contributed by atoms with E-state index in [0.717, 1.165) is 11.3 Å². The molecule has 2 aromatic rings. The molecule has 2 rings (SSSR count). The van der Waals surface area contributed by atoms with Crippen molar-refractivity contribution < 1.29 is 9.84 Å². The van der Waals surface area contributed by atoms with Crippen LogP contribution in [0.25, 0.3) is 0 Å². The van der Waals surface area contributed by atoms with Gasteiger partial charge in [-0.3, -0.25) is 0 Å². The Balaban J connectivity index is 2.27. The molecule has 0 saturated carbocycles. The van der Waals surface area contributed by atoms with E-state index in [-0.39, 0.29) is 0 Å². The minimum atomic E-state index is -0.778. The van der Waals surface area contributed by atoms with Crippen LogP contribution >= 0.6 is 11.6 Å². The number of pyridine rings is 1. The zero-order valence-corrected chi connectivity index (χ0v) is 10.1. The van der Waals surface area contributed by atoms with Crippen molar-refractivity contribution in [2.24, 2.45) is 0 Å². The smallest absolute Gasteiger partial charge is 0.129 e. The van der Waals surface area contributed by atoms with Crippen molar-refractivity contribution >= 4 is 11.6 Å². The molecule has 1 heterocycles. The van der Waals surface area contributed by atoms with Gasteiger partial charge < -0.3 is 9.84 Å². The van der Waals surface area contributed by atoms with E-state index in [2.05, 4.69) is 4.98 Å². The molecule has 3 nitrogen and oxygen atoms in total. The van der Waals surface area contributed by atoms with Gasteiger partial charge in [0.1, 0.15) is 17.0 Å². The summed E-state index contributed by atoms with van der Waals surface area (Å²) in [6.45, 7) is 0. The molecule has 1 aromatic carbocycles. The number of ether oxygens (including phenoxy) is 1. The van der Waals surface area contributed by atoms with Gasteiger partial charge in [0.25, 0.3) is 0 Å². The second kappa shape index (κ2) is 5.17. The molecule has 0 saturated heterocycles. The molecule has 1 atom stereocenters. The van der Waals surface area contributed by atoms with Crippen molar-refractivity contribution in [3.63, 3.8) is 0 Å². The summed E-state index contributed by atoms with van der Waals surface area (Å²) >= 11 is 5.78. The fraction of sp³-hybridized carbons (Fsp3) is 0.154. The molecule has 0 amide bonds. The van der Waals surface area contributed by atoms with Crippen LogP contribution < -0.4 is 4.74 Å². The Morgan fingerprint density at radius 3 is 2.47 bits per heavy atom. The van der Waals surface area contributed by atoms with Crippen LogP contribution in [0.3, 0.4) is 0 Å². The summed E-state index contributed by atoms with van der Waals surface area (Å²) in [5.41, 5.74) is 1.28. The van der Waals surface area contributed by atoms with E-state index >= 15 is 0 Å². The van der Waals surface area contributed by atoms with Crippen molar-refractivity contribution in [1.29, 1.82) is 0 Å². The standard InChI is InChI=1S/C13H12ClNO2/c1-17-10-7-5-9(6-8-10)13(16)11-3-2-4-12(14)15-11/h2-8,13,16H,1H3. The minimum absolute atomic E-state index is 0.370. The third kappa shape index (κ3) is 2.75. The first-order valence-electron chi connectivity index (χ1n) is 5.15. The monoisotopic (exact) mass is 249 g/mol. The Labute approximate surface area is 105 Å². The Morgan fingerprint density at radius 2 is 1.88 bits per heavy atom. The zero-order chi connectivity index (χ0) is 12.3. The topological polar surface area (TPSA) is 42.4 Å². The number of aliphatic hydroxyl groups excluding tert-OH is 1. The van der Waals surface area contributed by atoms with Crippen molar-refractivity contribution in [2.45, 2.75) is 6.10 Å². The number of nitrogens with zero attached hydrogens (tertiary/aromatic N) is 1. The molecular formula is C13H12ClNO2. The van der Waals surface area contributed by atoms with Crippen LogP contribution in [0.2, 0.25) is 5.15 Å². The van der Waals surface area contributed by atoms with Crippen LogP contribution in [0.5, 0.6) is 5.75 Å². The number of hydrogen-bond acceptors (Lipinski definition) is 3. The highest BCUT2D eigenvalue weighted by Crippen LogP contribution is 2.23. The van der Waals surface area contributed by atoms with E-state index < -0.39 is 6.10 Å². The number of aliphatic hydroxyl groups is 1. The molecule has 0 aliphatic carbocycles. The van der Waals surface area contributed by atoms with Crippen LogP contribution in [0.4, 0.5) is 0 Å². The maximum absolute atomic E-state index is 10.1. The average Bonchev–Trinajstić information content (AvgIpc) is 2.38. The van der Waals surface area contributed by atoms with Gasteiger partial charge in [-0.2, -0.15) is 0 Å². The van der Waals surface area contributed by atoms with Gasteiger partial charge in [0, 0.05) is 0 Å². The molecule has 1 aromatic heterocycles. The molecule has 0 aliphatic heterocycles. The summed E-state index contributed by atoms with van der Waals surface area (Å²) in [6.07, 6.45) is -0.778. The lowest BCUT2D eigenvalue weighted by Crippen LogP contribution is -2.02. The lowest BCUT2D eigenvalue weighted by Gasteiger charge is -2.11. The number of aromatic nitrogens is 1. The first-order chi connectivity index (χ1) is 8.20. The van der Waals surface area contributed by atoms with Crippen molar-refractivity contribution in [3.05, 3.63) is 58.9 Å². The van der Waals surface area contributed by atoms with Gasteiger partial charge in [0.2, 0.25) is 0 Å². The number of methoxy groups -OCH3 is 1. The minimum Gasteiger partial charge on any atom is -0.497 e. The summed E-state index contributed by atoms with van der Waals surface area (Å²) in [4.78, 5) is 4.08. The second-order valence-electron chi connectivity index (χ2n) is 3.56. The molecule has 4 heteroatoms. The van der Waals surface area contributed by atoms with Crippen LogP contribution in [0.15, 0.2) is 42.5 Å². The highest BCUT2D eigenvalue weighted by Gasteiger charge is 2.11. The van der Waals surface area contributed by atoms with Gasteiger partial charge >= 0.3 is 0 Å². The first-order valence-corrected chi connectivity index (χ1v) is 5.53. The molecule has 88 valence electrons. The maximum atomic E-state index is 10.1. The predicted octanol–water partition coefficient (Wildman–Crippen LogP) is 2.83. The molecule has 0 bridgehead atoms. The Kier molecular flexibility index (Phi) is 3.61. The molecular weight excluding hydrogens is 238 g/mol. The van der Waals surface area contributed by atoms with Gasteiger partial charge in [0.05, 0.1) is 12.8 Å². The fourth-order valence-corrected chi connectivity index (χ4v) is 1.70. The third-order valence-electron chi connectivity index (χ3n) is 2.45. The molecule has 1 N–H and O–H groups in total. The quantitative estimate of drug-likeness (QED) is 0.851. The van der Waals surface area contributed by atoms with Gasteiger partial charge in [-0.05, 0) is 29.8 Å². The van der Waals surface area contributed by atoms with E-state index in [1.807, 2.05) is 0 Å². The van der Waals surface area contributed by atoms with E-state index in [1.54, 1.807) is 49.6 Å². The fourth-order valence-electron chi connectivity index (χ4n) is 1.53. The Morgan fingerprint density at radius 1 is 1.18 bits per heavy atom. The Bertz CT molecular complexity index is 499. The van der Waals surface area contributed by atoms with E-state index in [1.165, 1.54) is 0 Å². The number of benzene rings is 1. The molecule has 0 aliphatic rings. The second-order valence-corrected chi connectivity index (χ2v) is 3.95. The third-order valence-corrected chi connectivity index (χ3v) is 2.66. The van der Waals surface area contributed by atoms with Crippen LogP contribution in [0.1, 0.15) is 17.4 Å². The molecule has 0 spiro atoms. The largest absolute Gasteiger partial charge is 0.497 e. The normalized spacial score (nSPS) is 12.2. The summed E-state index contributed by atoms with van der Waals surface area (Å²) in [5.74, 6) is 0.750. The van der Waals surface area contributed by atoms with Crippen molar-refractivity contribution in [1.82, 2.24) is 4.98 Å². The first kappa shape index (κ1) is 11.9. The predicted molar refractivity (Wildman–Crippen MR) is 66.3 cm³/mol. The van der Waals surface area contributed by atoms with Gasteiger partial charge in [0.15, 0.2) is 0 Å². The van der Waals surface area contributed by atoms with Crippen LogP contribution in [-0.4, -0.2) is 17.2 Å². The average molecular weight is 250 g/mol. The van der Waals surface area contributed by atoms with Crippen LogP contribution in [0, 0.1) is 0 Å². The number of halogens is 1. The Hall–Kier alpha value is -1.58. The van der Waals surface area contributed by atoms with Gasteiger partial charge in [-0.25, -0.2) is 4.98 Å². The molecule has 0 fully saturated rings. The van der Waals surface area contributed by atoms with Crippen LogP contribution in [-0.2, 0) is 0 Å². The summed E-state index contributed by atoms with van der Waals surface area (Å²) in [6, 6.07) is 12.4. The highest BCUT2D eigenvalue weighted by atomic mass is 35.5. The van der Waals surface area contributed by atoms with Gasteiger partial charge in [-0.1, -0.05) is 29.8 Å². The summed E-state index contributed by atoms with van der Waals surface area (Å²) in [5, 5.41) is 10.5. The number of hydrogen-bond donors (Lipinski definition) is 1. The zero-order valence-electron chi connectivity index (χ0n) is 9.30. The van der Waals surface area contributed by atoms with E-state index in [4.69, 9.17) is 16.3 Å². The summed E-state index contributed by atoms with van der Waals surface area (Å²) < 4.78 is 5.06. The SMILES string of the molecule is COc1ccc(C(O)c2cccc(Cl)n2)cc1. The lowest BCUT2D eigenvalue weighted by molar-refractivity contribution is 0.215. The van der Waals surface area contributed by atoms with Crippen molar-refractivity contribution in [2.75, 3.05) is 7.11 Å². The molecule has 1 unspecified atom stereocenters. The molecule has 0 radical (unpaired) electrons. The highest BCUT2D eigenvalue weighted by molar-refractivity contribution is 6.29.